The molecular weight excluding hydrogens is 348 g/mol. The van der Waals surface area contributed by atoms with E-state index in [0.29, 0.717) is 21.9 Å². The second kappa shape index (κ2) is 6.17. The molecule has 126 valence electrons. The van der Waals surface area contributed by atoms with Gasteiger partial charge in [0, 0.05) is 27.8 Å². The first-order valence-corrected chi connectivity index (χ1v) is 8.34. The van der Waals surface area contributed by atoms with Crippen LogP contribution in [-0.2, 0) is 0 Å². The van der Waals surface area contributed by atoms with Gasteiger partial charge in [0.1, 0.15) is 0 Å². The summed E-state index contributed by atoms with van der Waals surface area (Å²) in [4.78, 5) is 17.2. The third-order valence-corrected chi connectivity index (χ3v) is 4.61. The number of aryl methyl sites for hydroxylation is 1. The number of benzene rings is 2. The average Bonchev–Trinajstić information content (AvgIpc) is 2.99. The second-order valence-electron chi connectivity index (χ2n) is 5.92. The van der Waals surface area contributed by atoms with Crippen molar-refractivity contribution in [3.8, 4) is 28.6 Å². The summed E-state index contributed by atoms with van der Waals surface area (Å²) >= 11 is 6.30. The van der Waals surface area contributed by atoms with E-state index in [1.807, 2.05) is 31.2 Å². The Hall–Kier alpha value is -3.36. The van der Waals surface area contributed by atoms with Crippen LogP contribution in [0.3, 0.4) is 0 Å². The summed E-state index contributed by atoms with van der Waals surface area (Å²) in [7, 11) is 0. The fraction of sp³-hybridized carbons (Fsp3) is 0.0500. The molecule has 4 aromatic rings. The van der Waals surface area contributed by atoms with E-state index >= 15 is 0 Å². The Morgan fingerprint density at radius 3 is 2.73 bits per heavy atom. The average molecular weight is 361 g/mol. The van der Waals surface area contributed by atoms with Gasteiger partial charge in [-0.3, -0.25) is 9.89 Å². The van der Waals surface area contributed by atoms with Gasteiger partial charge in [-0.2, -0.15) is 5.26 Å². The Bertz CT molecular complexity index is 1250. The summed E-state index contributed by atoms with van der Waals surface area (Å²) in [6.07, 6.45) is 0. The predicted octanol–water partition coefficient (Wildman–Crippen LogP) is 4.19. The van der Waals surface area contributed by atoms with Crippen LogP contribution in [0.4, 0.5) is 0 Å². The molecule has 0 fully saturated rings. The Morgan fingerprint density at radius 2 is 1.96 bits per heavy atom. The first kappa shape index (κ1) is 16.1. The van der Waals surface area contributed by atoms with Crippen LogP contribution in [0.15, 0.2) is 59.4 Å². The highest BCUT2D eigenvalue weighted by atomic mass is 35.5. The molecule has 26 heavy (non-hydrogen) atoms. The molecule has 0 saturated carbocycles. The van der Waals surface area contributed by atoms with Crippen molar-refractivity contribution in [2.75, 3.05) is 0 Å². The molecule has 2 aromatic heterocycles. The highest BCUT2D eigenvalue weighted by Gasteiger charge is 2.15. The van der Waals surface area contributed by atoms with Gasteiger partial charge in [0.2, 0.25) is 0 Å². The molecule has 6 heteroatoms. The SMILES string of the molecule is Cc1c(-c2ccccc2Cl)[nH]n2c(=O)cc(-c3cccc(C#N)c3)nc12. The Morgan fingerprint density at radius 1 is 1.15 bits per heavy atom. The van der Waals surface area contributed by atoms with Crippen LogP contribution >= 0.6 is 11.6 Å². The zero-order valence-electron chi connectivity index (χ0n) is 13.8. The summed E-state index contributed by atoms with van der Waals surface area (Å²) in [6, 6.07) is 18.0. The third-order valence-electron chi connectivity index (χ3n) is 4.28. The van der Waals surface area contributed by atoms with Gasteiger partial charge in [0.15, 0.2) is 5.65 Å². The zero-order valence-corrected chi connectivity index (χ0v) is 14.6. The van der Waals surface area contributed by atoms with Gasteiger partial charge in [-0.25, -0.2) is 9.50 Å². The molecule has 0 aliphatic carbocycles. The third kappa shape index (κ3) is 2.57. The lowest BCUT2D eigenvalue weighted by Gasteiger charge is -2.02. The van der Waals surface area contributed by atoms with Gasteiger partial charge in [0.25, 0.3) is 5.56 Å². The van der Waals surface area contributed by atoms with Crippen molar-refractivity contribution in [1.29, 1.82) is 5.26 Å². The minimum Gasteiger partial charge on any atom is -0.289 e. The number of nitrogens with one attached hydrogen (secondary N) is 1. The van der Waals surface area contributed by atoms with E-state index in [1.54, 1.807) is 24.3 Å². The smallest absolute Gasteiger partial charge is 0.273 e. The lowest BCUT2D eigenvalue weighted by atomic mass is 10.1. The van der Waals surface area contributed by atoms with Gasteiger partial charge in [-0.15, -0.1) is 0 Å². The van der Waals surface area contributed by atoms with Crippen LogP contribution in [0.25, 0.3) is 28.2 Å². The number of halogens is 1. The molecule has 0 radical (unpaired) electrons. The molecule has 0 atom stereocenters. The minimum atomic E-state index is -0.228. The predicted molar refractivity (Wildman–Crippen MR) is 101 cm³/mol. The van der Waals surface area contributed by atoms with Crippen LogP contribution in [0, 0.1) is 18.3 Å². The van der Waals surface area contributed by atoms with Crippen LogP contribution in [0.2, 0.25) is 5.02 Å². The number of aromatic amines is 1. The van der Waals surface area contributed by atoms with Gasteiger partial charge in [-0.05, 0) is 25.1 Å². The van der Waals surface area contributed by atoms with E-state index in [1.165, 1.54) is 10.6 Å². The fourth-order valence-electron chi connectivity index (χ4n) is 2.97. The molecule has 0 aliphatic heterocycles. The van der Waals surface area contributed by atoms with Crippen molar-refractivity contribution >= 4 is 17.2 Å². The van der Waals surface area contributed by atoms with Crippen LogP contribution < -0.4 is 5.56 Å². The van der Waals surface area contributed by atoms with E-state index in [2.05, 4.69) is 16.2 Å². The number of hydrogen-bond donors (Lipinski definition) is 1. The minimum absolute atomic E-state index is 0.228. The molecule has 2 heterocycles. The van der Waals surface area contributed by atoms with E-state index < -0.39 is 0 Å². The lowest BCUT2D eigenvalue weighted by molar-refractivity contribution is 0.904. The summed E-state index contributed by atoms with van der Waals surface area (Å²) < 4.78 is 1.41. The fourth-order valence-corrected chi connectivity index (χ4v) is 3.20. The van der Waals surface area contributed by atoms with Crippen molar-refractivity contribution in [2.24, 2.45) is 0 Å². The van der Waals surface area contributed by atoms with Crippen LogP contribution in [-0.4, -0.2) is 14.6 Å². The highest BCUT2D eigenvalue weighted by molar-refractivity contribution is 6.33. The van der Waals surface area contributed by atoms with Gasteiger partial charge < -0.3 is 0 Å². The molecule has 1 N–H and O–H groups in total. The lowest BCUT2D eigenvalue weighted by Crippen LogP contribution is -2.14. The maximum Gasteiger partial charge on any atom is 0.273 e. The first-order valence-electron chi connectivity index (χ1n) is 7.96. The number of H-pyrrole nitrogens is 1. The highest BCUT2D eigenvalue weighted by Crippen LogP contribution is 2.30. The molecule has 0 bridgehead atoms. The number of nitrogens with zero attached hydrogens (tertiary/aromatic N) is 3. The van der Waals surface area contributed by atoms with Crippen molar-refractivity contribution in [3.05, 3.63) is 81.1 Å². The summed E-state index contributed by atoms with van der Waals surface area (Å²) in [5.41, 5.74) is 4.47. The van der Waals surface area contributed by atoms with Crippen LogP contribution in [0.5, 0.6) is 0 Å². The van der Waals surface area contributed by atoms with E-state index in [9.17, 15) is 4.79 Å². The zero-order chi connectivity index (χ0) is 18.3. The standard InChI is InChI=1S/C20H13ClN4O/c1-12-19(15-7-2-3-8-16(15)21)24-25-18(26)10-17(23-20(12)25)14-6-4-5-13(9-14)11-22/h2-10,24H,1H3. The summed E-state index contributed by atoms with van der Waals surface area (Å²) in [6.45, 7) is 1.90. The molecule has 0 aliphatic rings. The monoisotopic (exact) mass is 360 g/mol. The molecule has 0 saturated heterocycles. The topological polar surface area (TPSA) is 73.9 Å². The van der Waals surface area contributed by atoms with Crippen molar-refractivity contribution in [3.63, 3.8) is 0 Å². The maximum atomic E-state index is 12.6. The second-order valence-corrected chi connectivity index (χ2v) is 6.33. The quantitative estimate of drug-likeness (QED) is 0.582. The van der Waals surface area contributed by atoms with Gasteiger partial charge in [-0.1, -0.05) is 41.9 Å². The van der Waals surface area contributed by atoms with E-state index in [4.69, 9.17) is 16.9 Å². The molecule has 4 rings (SSSR count). The van der Waals surface area contributed by atoms with Crippen molar-refractivity contribution < 1.29 is 0 Å². The van der Waals surface area contributed by atoms with Gasteiger partial charge in [0.05, 0.1) is 23.0 Å². The molecule has 0 unspecified atom stereocenters. The number of fused-ring (bicyclic) bond motifs is 1. The number of rotatable bonds is 2. The first-order chi connectivity index (χ1) is 12.6. The maximum absolute atomic E-state index is 12.6. The normalized spacial score (nSPS) is 10.8. The van der Waals surface area contributed by atoms with Crippen molar-refractivity contribution in [1.82, 2.24) is 14.6 Å². The molecular formula is C20H13ClN4O. The molecule has 0 amide bonds. The Balaban J connectivity index is 1.96. The molecule has 5 nitrogen and oxygen atoms in total. The molecule has 0 spiro atoms. The number of hydrogen-bond acceptors (Lipinski definition) is 3. The van der Waals surface area contributed by atoms with Gasteiger partial charge >= 0.3 is 0 Å². The van der Waals surface area contributed by atoms with E-state index in [-0.39, 0.29) is 5.56 Å². The Labute approximate surface area is 154 Å². The number of aromatic nitrogens is 3. The largest absolute Gasteiger partial charge is 0.289 e. The summed E-state index contributed by atoms with van der Waals surface area (Å²) in [5, 5.41) is 12.8. The summed E-state index contributed by atoms with van der Waals surface area (Å²) in [5.74, 6) is 0. The molecule has 2 aromatic carbocycles. The Kier molecular flexibility index (Phi) is 3.83. The number of nitriles is 1. The van der Waals surface area contributed by atoms with Crippen molar-refractivity contribution in [2.45, 2.75) is 6.92 Å². The van der Waals surface area contributed by atoms with Crippen LogP contribution in [0.1, 0.15) is 11.1 Å². The van der Waals surface area contributed by atoms with E-state index in [0.717, 1.165) is 22.4 Å².